The fraction of sp³-hybridized carbons (Fsp3) is 0.357. The van der Waals surface area contributed by atoms with Gasteiger partial charge in [-0.3, -0.25) is 4.68 Å². The molecular weight excluding hydrogens is 238 g/mol. The highest BCUT2D eigenvalue weighted by Gasteiger charge is 2.29. The van der Waals surface area contributed by atoms with Gasteiger partial charge in [-0.2, -0.15) is 10.4 Å². The Bertz CT molecular complexity index is 625. The molecule has 0 saturated carbocycles. The van der Waals surface area contributed by atoms with Crippen molar-refractivity contribution in [3.8, 4) is 6.07 Å². The van der Waals surface area contributed by atoms with E-state index in [-0.39, 0.29) is 6.04 Å². The lowest BCUT2D eigenvalue weighted by Gasteiger charge is -2.25. The van der Waals surface area contributed by atoms with E-state index in [0.29, 0.717) is 5.56 Å². The smallest absolute Gasteiger partial charge is 0.146 e. The van der Waals surface area contributed by atoms with Crippen molar-refractivity contribution in [3.63, 3.8) is 0 Å². The standard InChI is InChI=1S/C14H15N5/c1-18-10-12(9-17-18)13-5-3-7-19(13)14-11(8-15)4-2-6-16-14/h2,4,6,9-10,13H,3,5,7H2,1H3/t13-/m0/s1. The van der Waals surface area contributed by atoms with Gasteiger partial charge in [-0.05, 0) is 25.0 Å². The topological polar surface area (TPSA) is 57.7 Å². The first-order valence-corrected chi connectivity index (χ1v) is 6.40. The molecule has 0 unspecified atom stereocenters. The van der Waals surface area contributed by atoms with Gasteiger partial charge in [0.25, 0.3) is 0 Å². The molecule has 5 nitrogen and oxygen atoms in total. The van der Waals surface area contributed by atoms with E-state index in [1.807, 2.05) is 30.2 Å². The number of hydrogen-bond acceptors (Lipinski definition) is 4. The lowest BCUT2D eigenvalue weighted by molar-refractivity contribution is 0.707. The van der Waals surface area contributed by atoms with Gasteiger partial charge >= 0.3 is 0 Å². The zero-order valence-corrected chi connectivity index (χ0v) is 10.8. The maximum Gasteiger partial charge on any atom is 0.146 e. The molecule has 3 heterocycles. The van der Waals surface area contributed by atoms with Crippen LogP contribution in [-0.4, -0.2) is 21.3 Å². The SMILES string of the molecule is Cn1cc([C@@H]2CCCN2c2ncccc2C#N)cn1. The molecule has 0 aliphatic carbocycles. The summed E-state index contributed by atoms with van der Waals surface area (Å²) in [6.45, 7) is 0.936. The minimum absolute atomic E-state index is 0.274. The summed E-state index contributed by atoms with van der Waals surface area (Å²) in [7, 11) is 1.92. The van der Waals surface area contributed by atoms with Crippen molar-refractivity contribution < 1.29 is 0 Å². The first kappa shape index (κ1) is 11.7. The van der Waals surface area contributed by atoms with Crippen LogP contribution in [0.4, 0.5) is 5.82 Å². The van der Waals surface area contributed by atoms with Crippen LogP contribution in [0.3, 0.4) is 0 Å². The first-order chi connectivity index (χ1) is 9.29. The summed E-state index contributed by atoms with van der Waals surface area (Å²) in [4.78, 5) is 6.61. The minimum Gasteiger partial charge on any atom is -0.348 e. The number of nitriles is 1. The van der Waals surface area contributed by atoms with E-state index in [2.05, 4.69) is 21.1 Å². The summed E-state index contributed by atoms with van der Waals surface area (Å²) in [5, 5.41) is 13.4. The highest BCUT2D eigenvalue weighted by Crippen LogP contribution is 2.36. The summed E-state index contributed by atoms with van der Waals surface area (Å²) in [6, 6.07) is 6.12. The predicted molar refractivity (Wildman–Crippen MR) is 71.5 cm³/mol. The van der Waals surface area contributed by atoms with Gasteiger partial charge in [0.2, 0.25) is 0 Å². The zero-order chi connectivity index (χ0) is 13.2. The Balaban J connectivity index is 1.98. The second-order valence-corrected chi connectivity index (χ2v) is 4.79. The molecule has 0 spiro atoms. The van der Waals surface area contributed by atoms with Crippen molar-refractivity contribution in [2.24, 2.45) is 7.05 Å². The van der Waals surface area contributed by atoms with Crippen molar-refractivity contribution in [2.75, 3.05) is 11.4 Å². The van der Waals surface area contributed by atoms with Crippen molar-refractivity contribution in [1.29, 1.82) is 5.26 Å². The minimum atomic E-state index is 0.274. The number of aryl methyl sites for hydroxylation is 1. The Hall–Kier alpha value is -2.35. The summed E-state index contributed by atoms with van der Waals surface area (Å²) in [6.07, 6.45) is 7.87. The monoisotopic (exact) mass is 253 g/mol. The van der Waals surface area contributed by atoms with Crippen LogP contribution in [0.1, 0.15) is 30.0 Å². The normalized spacial score (nSPS) is 18.5. The van der Waals surface area contributed by atoms with Gasteiger partial charge in [0, 0.05) is 31.5 Å². The molecular formula is C14H15N5. The molecule has 0 amide bonds. The molecule has 0 N–H and O–H groups in total. The maximum atomic E-state index is 9.21. The molecule has 1 aliphatic rings. The quantitative estimate of drug-likeness (QED) is 0.821. The van der Waals surface area contributed by atoms with E-state index >= 15 is 0 Å². The molecule has 2 aromatic heterocycles. The van der Waals surface area contributed by atoms with Gasteiger partial charge < -0.3 is 4.90 Å². The van der Waals surface area contributed by atoms with Gasteiger partial charge in [-0.25, -0.2) is 4.98 Å². The summed E-state index contributed by atoms with van der Waals surface area (Å²) < 4.78 is 1.81. The molecule has 1 atom stereocenters. The lowest BCUT2D eigenvalue weighted by atomic mass is 10.1. The summed E-state index contributed by atoms with van der Waals surface area (Å²) in [5.74, 6) is 0.788. The number of hydrogen-bond donors (Lipinski definition) is 0. The molecule has 0 bridgehead atoms. The van der Waals surface area contributed by atoms with Crippen LogP contribution >= 0.6 is 0 Å². The van der Waals surface area contributed by atoms with Crippen molar-refractivity contribution in [2.45, 2.75) is 18.9 Å². The van der Waals surface area contributed by atoms with E-state index in [0.717, 1.165) is 25.2 Å². The van der Waals surface area contributed by atoms with Gasteiger partial charge in [-0.1, -0.05) is 0 Å². The third-order valence-corrected chi connectivity index (χ3v) is 3.54. The molecule has 3 rings (SSSR count). The van der Waals surface area contributed by atoms with E-state index in [4.69, 9.17) is 0 Å². The van der Waals surface area contributed by atoms with Crippen LogP contribution in [0, 0.1) is 11.3 Å². The van der Waals surface area contributed by atoms with E-state index in [1.165, 1.54) is 5.56 Å². The Labute approximate surface area is 112 Å². The number of rotatable bonds is 2. The molecule has 0 radical (unpaired) electrons. The molecule has 1 aliphatic heterocycles. The molecule has 2 aromatic rings. The molecule has 5 heteroatoms. The number of anilines is 1. The average molecular weight is 253 g/mol. The van der Waals surface area contributed by atoms with Gasteiger partial charge in [0.05, 0.1) is 17.8 Å². The maximum absolute atomic E-state index is 9.21. The largest absolute Gasteiger partial charge is 0.348 e. The van der Waals surface area contributed by atoms with Crippen LogP contribution < -0.4 is 4.90 Å². The zero-order valence-electron chi connectivity index (χ0n) is 10.8. The molecule has 96 valence electrons. The predicted octanol–water partition coefficient (Wildman–Crippen LogP) is 2.03. The lowest BCUT2D eigenvalue weighted by Crippen LogP contribution is -2.24. The van der Waals surface area contributed by atoms with Crippen LogP contribution in [0.25, 0.3) is 0 Å². The van der Waals surface area contributed by atoms with E-state index < -0.39 is 0 Å². The number of aromatic nitrogens is 3. The third kappa shape index (κ3) is 2.06. The van der Waals surface area contributed by atoms with E-state index in [9.17, 15) is 5.26 Å². The van der Waals surface area contributed by atoms with Crippen LogP contribution in [0.5, 0.6) is 0 Å². The van der Waals surface area contributed by atoms with Crippen molar-refractivity contribution in [1.82, 2.24) is 14.8 Å². The van der Waals surface area contributed by atoms with Crippen molar-refractivity contribution in [3.05, 3.63) is 41.9 Å². The Morgan fingerprint density at radius 1 is 1.47 bits per heavy atom. The Kier molecular flexibility index (Phi) is 2.92. The van der Waals surface area contributed by atoms with Gasteiger partial charge in [0.15, 0.2) is 0 Å². The highest BCUT2D eigenvalue weighted by molar-refractivity contribution is 5.55. The molecule has 1 saturated heterocycles. The van der Waals surface area contributed by atoms with Gasteiger partial charge in [0.1, 0.15) is 11.9 Å². The second-order valence-electron chi connectivity index (χ2n) is 4.79. The summed E-state index contributed by atoms with van der Waals surface area (Å²) >= 11 is 0. The third-order valence-electron chi connectivity index (χ3n) is 3.54. The first-order valence-electron chi connectivity index (χ1n) is 6.40. The van der Waals surface area contributed by atoms with Crippen LogP contribution in [0.15, 0.2) is 30.7 Å². The summed E-state index contributed by atoms with van der Waals surface area (Å²) in [5.41, 5.74) is 1.83. The molecule has 19 heavy (non-hydrogen) atoms. The number of nitrogens with zero attached hydrogens (tertiary/aromatic N) is 5. The Morgan fingerprint density at radius 3 is 3.11 bits per heavy atom. The number of pyridine rings is 1. The van der Waals surface area contributed by atoms with Crippen LogP contribution in [0.2, 0.25) is 0 Å². The highest BCUT2D eigenvalue weighted by atomic mass is 15.3. The second kappa shape index (κ2) is 4.73. The fourth-order valence-corrected chi connectivity index (χ4v) is 2.69. The Morgan fingerprint density at radius 2 is 2.37 bits per heavy atom. The van der Waals surface area contributed by atoms with Gasteiger partial charge in [-0.15, -0.1) is 0 Å². The molecule has 0 aromatic carbocycles. The average Bonchev–Trinajstić information content (AvgIpc) is 3.06. The van der Waals surface area contributed by atoms with E-state index in [1.54, 1.807) is 12.3 Å². The van der Waals surface area contributed by atoms with Crippen LogP contribution in [-0.2, 0) is 7.05 Å². The fourth-order valence-electron chi connectivity index (χ4n) is 2.69. The molecule has 1 fully saturated rings. The van der Waals surface area contributed by atoms with Crippen molar-refractivity contribution >= 4 is 5.82 Å².